The van der Waals surface area contributed by atoms with Crippen LogP contribution >= 0.6 is 0 Å². The van der Waals surface area contributed by atoms with Gasteiger partial charge >= 0.3 is 0 Å². The summed E-state index contributed by atoms with van der Waals surface area (Å²) in [6, 6.07) is 0. The van der Waals surface area contributed by atoms with Gasteiger partial charge in [0.25, 0.3) is 0 Å². The highest BCUT2D eigenvalue weighted by Gasteiger charge is 2.53. The molecule has 0 aliphatic heterocycles. The molecule has 2 fully saturated rings. The zero-order valence-electron chi connectivity index (χ0n) is 13.2. The van der Waals surface area contributed by atoms with Crippen molar-refractivity contribution in [1.29, 1.82) is 0 Å². The molecule has 0 radical (unpaired) electrons. The van der Waals surface area contributed by atoms with Gasteiger partial charge in [0.15, 0.2) is 0 Å². The summed E-state index contributed by atoms with van der Waals surface area (Å²) in [7, 11) is 0. The highest BCUT2D eigenvalue weighted by atomic mass is 15.0. The van der Waals surface area contributed by atoms with Crippen LogP contribution in [0.5, 0.6) is 0 Å². The minimum atomic E-state index is 0.265. The Hall–Kier alpha value is -0.0400. The molecule has 0 aromatic carbocycles. The van der Waals surface area contributed by atoms with E-state index in [1.54, 1.807) is 0 Å². The summed E-state index contributed by atoms with van der Waals surface area (Å²) < 4.78 is 0. The molecule has 2 aliphatic carbocycles. The molecule has 1 heteroatoms. The van der Waals surface area contributed by atoms with Gasteiger partial charge in [-0.1, -0.05) is 33.1 Å². The summed E-state index contributed by atoms with van der Waals surface area (Å²) in [4.78, 5) is 0. The zero-order valence-corrected chi connectivity index (χ0v) is 13.2. The summed E-state index contributed by atoms with van der Waals surface area (Å²) in [5, 5.41) is 3.83. The average Bonchev–Trinajstić information content (AvgIpc) is 2.86. The summed E-state index contributed by atoms with van der Waals surface area (Å²) >= 11 is 0. The molecule has 0 aromatic heterocycles. The van der Waals surface area contributed by atoms with Crippen molar-refractivity contribution in [3.63, 3.8) is 0 Å². The standard InChI is InChI=1S/C17H33N/c1-6-7-13(2)17(12-18-16(3,4)5)11-14-8-9-15(17)10-14/h13-15,18H,6-12H2,1-5H3. The number of nitrogens with one attached hydrogen (secondary N) is 1. The first-order chi connectivity index (χ1) is 8.37. The largest absolute Gasteiger partial charge is 0.311 e. The number of hydrogen-bond acceptors (Lipinski definition) is 1. The van der Waals surface area contributed by atoms with Gasteiger partial charge in [0, 0.05) is 12.1 Å². The van der Waals surface area contributed by atoms with E-state index in [1.165, 1.54) is 45.1 Å². The SMILES string of the molecule is CCCC(C)C1(CNC(C)(C)C)CC2CCC1C2. The summed E-state index contributed by atoms with van der Waals surface area (Å²) in [5.41, 5.74) is 0.882. The Morgan fingerprint density at radius 2 is 2.00 bits per heavy atom. The van der Waals surface area contributed by atoms with Gasteiger partial charge in [-0.15, -0.1) is 0 Å². The Kier molecular flexibility index (Phi) is 4.11. The molecule has 0 amide bonds. The van der Waals surface area contributed by atoms with E-state index in [4.69, 9.17) is 0 Å². The van der Waals surface area contributed by atoms with Gasteiger partial charge in [-0.05, 0) is 63.2 Å². The lowest BCUT2D eigenvalue weighted by Crippen LogP contribution is -2.49. The van der Waals surface area contributed by atoms with E-state index in [0.29, 0.717) is 5.41 Å². The predicted molar refractivity (Wildman–Crippen MR) is 79.7 cm³/mol. The van der Waals surface area contributed by atoms with Crippen LogP contribution in [0.15, 0.2) is 0 Å². The van der Waals surface area contributed by atoms with Crippen LogP contribution in [0.25, 0.3) is 0 Å². The summed E-state index contributed by atoms with van der Waals surface area (Å²) in [6.07, 6.45) is 8.80. The van der Waals surface area contributed by atoms with Crippen molar-refractivity contribution in [2.24, 2.45) is 23.2 Å². The number of fused-ring (bicyclic) bond motifs is 2. The van der Waals surface area contributed by atoms with Crippen LogP contribution < -0.4 is 5.32 Å². The lowest BCUT2D eigenvalue weighted by atomic mass is 9.64. The Morgan fingerprint density at radius 3 is 2.44 bits per heavy atom. The first-order valence-corrected chi connectivity index (χ1v) is 8.12. The fourth-order valence-corrected chi connectivity index (χ4v) is 4.63. The second-order valence-electron chi connectivity index (χ2n) is 8.11. The molecule has 4 atom stereocenters. The van der Waals surface area contributed by atoms with Crippen LogP contribution in [0.4, 0.5) is 0 Å². The zero-order chi connectivity index (χ0) is 13.4. The molecular formula is C17H33N. The molecule has 2 saturated carbocycles. The Morgan fingerprint density at radius 1 is 1.28 bits per heavy atom. The van der Waals surface area contributed by atoms with Crippen molar-refractivity contribution >= 4 is 0 Å². The van der Waals surface area contributed by atoms with Crippen molar-refractivity contribution in [3.8, 4) is 0 Å². The van der Waals surface area contributed by atoms with Gasteiger partial charge in [0.05, 0.1) is 0 Å². The lowest BCUT2D eigenvalue weighted by molar-refractivity contribution is 0.0686. The third-order valence-electron chi connectivity index (χ3n) is 5.67. The highest BCUT2D eigenvalue weighted by Crippen LogP contribution is 2.59. The monoisotopic (exact) mass is 251 g/mol. The second-order valence-corrected chi connectivity index (χ2v) is 8.11. The first-order valence-electron chi connectivity index (χ1n) is 8.12. The molecule has 0 saturated heterocycles. The lowest BCUT2D eigenvalue weighted by Gasteiger charge is -2.45. The minimum Gasteiger partial charge on any atom is -0.311 e. The van der Waals surface area contributed by atoms with E-state index in [9.17, 15) is 0 Å². The van der Waals surface area contributed by atoms with Crippen LogP contribution in [0.3, 0.4) is 0 Å². The molecule has 4 unspecified atom stereocenters. The van der Waals surface area contributed by atoms with Crippen LogP contribution in [-0.4, -0.2) is 12.1 Å². The minimum absolute atomic E-state index is 0.265. The van der Waals surface area contributed by atoms with E-state index in [2.05, 4.69) is 39.9 Å². The normalized spacial score (nSPS) is 37.2. The molecule has 2 bridgehead atoms. The molecule has 2 aliphatic rings. The summed E-state index contributed by atoms with van der Waals surface area (Å²) in [5.74, 6) is 2.96. The molecule has 1 N–H and O–H groups in total. The molecule has 0 spiro atoms. The summed E-state index contributed by atoms with van der Waals surface area (Å²) in [6.45, 7) is 13.0. The third kappa shape index (κ3) is 2.76. The van der Waals surface area contributed by atoms with Crippen molar-refractivity contribution in [1.82, 2.24) is 5.32 Å². The van der Waals surface area contributed by atoms with Crippen LogP contribution in [0.2, 0.25) is 0 Å². The van der Waals surface area contributed by atoms with Gasteiger partial charge < -0.3 is 5.32 Å². The molecular weight excluding hydrogens is 218 g/mol. The topological polar surface area (TPSA) is 12.0 Å². The van der Waals surface area contributed by atoms with Crippen LogP contribution in [0.1, 0.15) is 73.1 Å². The Balaban J connectivity index is 2.08. The number of hydrogen-bond donors (Lipinski definition) is 1. The van der Waals surface area contributed by atoms with Crippen molar-refractivity contribution < 1.29 is 0 Å². The smallest absolute Gasteiger partial charge is 0.00967 e. The third-order valence-corrected chi connectivity index (χ3v) is 5.67. The predicted octanol–water partition coefficient (Wildman–Crippen LogP) is 4.62. The van der Waals surface area contributed by atoms with Gasteiger partial charge in [-0.25, -0.2) is 0 Å². The van der Waals surface area contributed by atoms with Gasteiger partial charge in [-0.2, -0.15) is 0 Å². The van der Waals surface area contributed by atoms with E-state index in [-0.39, 0.29) is 5.54 Å². The second kappa shape index (κ2) is 5.15. The van der Waals surface area contributed by atoms with E-state index >= 15 is 0 Å². The fourth-order valence-electron chi connectivity index (χ4n) is 4.63. The maximum Gasteiger partial charge on any atom is 0.00967 e. The van der Waals surface area contributed by atoms with Crippen molar-refractivity contribution in [3.05, 3.63) is 0 Å². The van der Waals surface area contributed by atoms with Crippen LogP contribution in [-0.2, 0) is 0 Å². The molecule has 0 aromatic rings. The van der Waals surface area contributed by atoms with Crippen molar-refractivity contribution in [2.45, 2.75) is 78.7 Å². The molecule has 0 heterocycles. The van der Waals surface area contributed by atoms with Crippen LogP contribution in [0, 0.1) is 23.2 Å². The maximum absolute atomic E-state index is 3.83. The Labute approximate surface area is 114 Å². The average molecular weight is 251 g/mol. The molecule has 18 heavy (non-hydrogen) atoms. The van der Waals surface area contributed by atoms with Gasteiger partial charge in [-0.3, -0.25) is 0 Å². The fraction of sp³-hybridized carbons (Fsp3) is 1.00. The van der Waals surface area contributed by atoms with Crippen molar-refractivity contribution in [2.75, 3.05) is 6.54 Å². The van der Waals surface area contributed by atoms with E-state index in [0.717, 1.165) is 17.8 Å². The molecule has 1 nitrogen and oxygen atoms in total. The van der Waals surface area contributed by atoms with E-state index < -0.39 is 0 Å². The van der Waals surface area contributed by atoms with E-state index in [1.807, 2.05) is 0 Å². The number of rotatable bonds is 5. The van der Waals surface area contributed by atoms with Gasteiger partial charge in [0.2, 0.25) is 0 Å². The quantitative estimate of drug-likeness (QED) is 0.752. The van der Waals surface area contributed by atoms with Gasteiger partial charge in [0.1, 0.15) is 0 Å². The molecule has 2 rings (SSSR count). The maximum atomic E-state index is 3.83. The highest BCUT2D eigenvalue weighted by molar-refractivity contribution is 5.04. The Bertz CT molecular complexity index is 278. The first kappa shape index (κ1) is 14.4. The molecule has 106 valence electrons.